The number of phenols is 1. The number of carbonyl (C=O) groups is 2. The SMILES string of the molecule is O=C1NC(=S)N(c2ccccc2)C(=O)[C@H]1C=Nc1ccc(O)cc1. The van der Waals surface area contributed by atoms with Crippen molar-refractivity contribution in [3.8, 4) is 5.75 Å². The van der Waals surface area contributed by atoms with E-state index in [1.165, 1.54) is 23.2 Å². The van der Waals surface area contributed by atoms with Crippen LogP contribution >= 0.6 is 12.2 Å². The van der Waals surface area contributed by atoms with Crippen LogP contribution in [0.1, 0.15) is 0 Å². The molecule has 2 N–H and O–H groups in total. The number of hydrogen-bond donors (Lipinski definition) is 2. The fourth-order valence-electron chi connectivity index (χ4n) is 2.24. The number of aliphatic imine (C=N–C) groups is 1. The van der Waals surface area contributed by atoms with Crippen molar-refractivity contribution in [1.29, 1.82) is 0 Å². The fraction of sp³-hybridized carbons (Fsp3) is 0.0588. The monoisotopic (exact) mass is 339 g/mol. The van der Waals surface area contributed by atoms with E-state index in [-0.39, 0.29) is 10.9 Å². The first-order chi connectivity index (χ1) is 11.6. The summed E-state index contributed by atoms with van der Waals surface area (Å²) in [5.41, 5.74) is 1.10. The zero-order valence-electron chi connectivity index (χ0n) is 12.4. The number of aromatic hydroxyl groups is 1. The highest BCUT2D eigenvalue weighted by molar-refractivity contribution is 7.80. The number of nitrogens with zero attached hydrogens (tertiary/aromatic N) is 2. The Labute approximate surface area is 143 Å². The van der Waals surface area contributed by atoms with Gasteiger partial charge in [-0.15, -0.1) is 0 Å². The third-order valence-electron chi connectivity index (χ3n) is 3.44. The van der Waals surface area contributed by atoms with Crippen LogP contribution in [0.3, 0.4) is 0 Å². The van der Waals surface area contributed by atoms with Gasteiger partial charge < -0.3 is 10.4 Å². The van der Waals surface area contributed by atoms with E-state index in [0.29, 0.717) is 11.4 Å². The predicted octanol–water partition coefficient (Wildman–Crippen LogP) is 2.16. The highest BCUT2D eigenvalue weighted by Crippen LogP contribution is 2.21. The van der Waals surface area contributed by atoms with E-state index in [2.05, 4.69) is 10.3 Å². The lowest BCUT2D eigenvalue weighted by Gasteiger charge is -2.30. The van der Waals surface area contributed by atoms with Crippen molar-refractivity contribution >= 4 is 46.7 Å². The summed E-state index contributed by atoms with van der Waals surface area (Å²) in [6.07, 6.45) is 1.28. The van der Waals surface area contributed by atoms with Gasteiger partial charge in [-0.25, -0.2) is 0 Å². The van der Waals surface area contributed by atoms with E-state index in [9.17, 15) is 14.7 Å². The van der Waals surface area contributed by atoms with Gasteiger partial charge in [-0.2, -0.15) is 0 Å². The fourth-order valence-corrected chi connectivity index (χ4v) is 2.54. The van der Waals surface area contributed by atoms with Gasteiger partial charge in [0.05, 0.1) is 11.4 Å². The maximum absolute atomic E-state index is 12.7. The molecule has 1 saturated heterocycles. The summed E-state index contributed by atoms with van der Waals surface area (Å²) in [6.45, 7) is 0. The van der Waals surface area contributed by atoms with Crippen LogP contribution < -0.4 is 10.2 Å². The molecule has 0 aromatic heterocycles. The summed E-state index contributed by atoms with van der Waals surface area (Å²) < 4.78 is 0. The van der Waals surface area contributed by atoms with Crippen molar-refractivity contribution < 1.29 is 14.7 Å². The number of amides is 2. The number of phenolic OH excluding ortho intramolecular Hbond substituents is 1. The predicted molar refractivity (Wildman–Crippen MR) is 94.4 cm³/mol. The summed E-state index contributed by atoms with van der Waals surface area (Å²) in [5.74, 6) is -1.94. The molecule has 0 radical (unpaired) electrons. The van der Waals surface area contributed by atoms with Crippen LogP contribution in [0.15, 0.2) is 59.6 Å². The molecule has 0 bridgehead atoms. The van der Waals surface area contributed by atoms with E-state index in [1.807, 2.05) is 6.07 Å². The van der Waals surface area contributed by atoms with E-state index in [1.54, 1.807) is 36.4 Å². The molecule has 1 heterocycles. The number of nitrogens with one attached hydrogen (secondary N) is 1. The number of para-hydroxylation sites is 1. The summed E-state index contributed by atoms with van der Waals surface area (Å²) in [5, 5.41) is 11.8. The largest absolute Gasteiger partial charge is 0.508 e. The van der Waals surface area contributed by atoms with Gasteiger partial charge in [0.2, 0.25) is 5.91 Å². The summed E-state index contributed by atoms with van der Waals surface area (Å²) in [4.78, 5) is 30.2. The Morgan fingerprint density at radius 1 is 1.08 bits per heavy atom. The van der Waals surface area contributed by atoms with Crippen LogP contribution in [-0.4, -0.2) is 28.2 Å². The maximum atomic E-state index is 12.7. The molecule has 0 unspecified atom stereocenters. The minimum absolute atomic E-state index is 0.0467. The number of anilines is 1. The Morgan fingerprint density at radius 2 is 1.75 bits per heavy atom. The summed E-state index contributed by atoms with van der Waals surface area (Å²) >= 11 is 5.11. The number of hydrogen-bond acceptors (Lipinski definition) is 5. The molecule has 1 aliphatic heterocycles. The van der Waals surface area contributed by atoms with E-state index >= 15 is 0 Å². The van der Waals surface area contributed by atoms with Gasteiger partial charge in [-0.3, -0.25) is 19.5 Å². The molecule has 2 amide bonds. The molecule has 7 heteroatoms. The molecule has 1 aliphatic rings. The third-order valence-corrected chi connectivity index (χ3v) is 3.72. The Balaban J connectivity index is 1.87. The Hall–Kier alpha value is -3.06. The van der Waals surface area contributed by atoms with Gasteiger partial charge in [0.1, 0.15) is 5.75 Å². The summed E-state index contributed by atoms with van der Waals surface area (Å²) in [7, 11) is 0. The van der Waals surface area contributed by atoms with Crippen LogP contribution in [0, 0.1) is 5.92 Å². The van der Waals surface area contributed by atoms with Crippen LogP contribution in [0.4, 0.5) is 11.4 Å². The maximum Gasteiger partial charge on any atom is 0.251 e. The summed E-state index contributed by atoms with van der Waals surface area (Å²) in [6, 6.07) is 15.0. The average molecular weight is 339 g/mol. The van der Waals surface area contributed by atoms with Crippen LogP contribution in [0.2, 0.25) is 0 Å². The van der Waals surface area contributed by atoms with Gasteiger partial charge >= 0.3 is 0 Å². The number of benzene rings is 2. The lowest BCUT2D eigenvalue weighted by Crippen LogP contribution is -2.58. The highest BCUT2D eigenvalue weighted by Gasteiger charge is 2.38. The Morgan fingerprint density at radius 3 is 2.42 bits per heavy atom. The molecule has 1 fully saturated rings. The minimum atomic E-state index is -1.08. The molecule has 1 atom stereocenters. The molecular formula is C17H13N3O3S. The molecule has 24 heavy (non-hydrogen) atoms. The van der Waals surface area contributed by atoms with Crippen molar-refractivity contribution in [2.75, 3.05) is 4.90 Å². The zero-order chi connectivity index (χ0) is 17.1. The Kier molecular flexibility index (Phi) is 4.35. The Bertz CT molecular complexity index is 819. The molecule has 0 saturated carbocycles. The normalized spacial score (nSPS) is 18.1. The second-order valence-electron chi connectivity index (χ2n) is 5.08. The molecule has 0 spiro atoms. The van der Waals surface area contributed by atoms with Crippen molar-refractivity contribution in [3.63, 3.8) is 0 Å². The van der Waals surface area contributed by atoms with Crippen molar-refractivity contribution in [3.05, 3.63) is 54.6 Å². The van der Waals surface area contributed by atoms with E-state index in [4.69, 9.17) is 12.2 Å². The quantitative estimate of drug-likeness (QED) is 0.510. The van der Waals surface area contributed by atoms with Gasteiger partial charge in [-0.05, 0) is 48.6 Å². The minimum Gasteiger partial charge on any atom is -0.508 e. The highest BCUT2D eigenvalue weighted by atomic mass is 32.1. The molecule has 0 aliphatic carbocycles. The molecular weight excluding hydrogens is 326 g/mol. The first-order valence-electron chi connectivity index (χ1n) is 7.13. The number of thiocarbonyl (C=S) groups is 1. The number of rotatable bonds is 3. The van der Waals surface area contributed by atoms with Gasteiger partial charge in [0.25, 0.3) is 5.91 Å². The third kappa shape index (κ3) is 3.16. The lowest BCUT2D eigenvalue weighted by molar-refractivity contribution is -0.130. The van der Waals surface area contributed by atoms with E-state index in [0.717, 1.165) is 0 Å². The smallest absolute Gasteiger partial charge is 0.251 e. The first kappa shape index (κ1) is 15.8. The first-order valence-corrected chi connectivity index (χ1v) is 7.54. The van der Waals surface area contributed by atoms with Crippen LogP contribution in [-0.2, 0) is 9.59 Å². The van der Waals surface area contributed by atoms with Crippen molar-refractivity contribution in [1.82, 2.24) is 5.32 Å². The molecule has 6 nitrogen and oxygen atoms in total. The van der Waals surface area contributed by atoms with Crippen LogP contribution in [0.5, 0.6) is 5.75 Å². The second-order valence-corrected chi connectivity index (χ2v) is 5.46. The van der Waals surface area contributed by atoms with Crippen LogP contribution in [0.25, 0.3) is 0 Å². The zero-order valence-corrected chi connectivity index (χ0v) is 13.2. The molecule has 120 valence electrons. The average Bonchev–Trinajstić information content (AvgIpc) is 2.57. The van der Waals surface area contributed by atoms with Gasteiger partial charge in [-0.1, -0.05) is 18.2 Å². The van der Waals surface area contributed by atoms with Gasteiger partial charge in [0.15, 0.2) is 11.0 Å². The van der Waals surface area contributed by atoms with Gasteiger partial charge in [0, 0.05) is 6.21 Å². The lowest BCUT2D eigenvalue weighted by atomic mass is 10.1. The molecule has 2 aromatic carbocycles. The topological polar surface area (TPSA) is 82.0 Å². The standard InChI is InChI=1S/C17H13N3O3S/c21-13-8-6-11(7-9-13)18-10-14-15(22)19-17(24)20(16(14)23)12-4-2-1-3-5-12/h1-10,14,21H,(H,19,22,24)/t14-/m0/s1. The van der Waals surface area contributed by atoms with Crippen molar-refractivity contribution in [2.24, 2.45) is 10.9 Å². The van der Waals surface area contributed by atoms with Crippen molar-refractivity contribution in [2.45, 2.75) is 0 Å². The molecule has 3 rings (SSSR count). The molecule has 2 aromatic rings. The second kappa shape index (κ2) is 6.59. The van der Waals surface area contributed by atoms with E-state index < -0.39 is 17.7 Å². The number of carbonyl (C=O) groups excluding carboxylic acids is 2.